The van der Waals surface area contributed by atoms with Crippen molar-refractivity contribution in [2.45, 2.75) is 31.8 Å². The van der Waals surface area contributed by atoms with Gasteiger partial charge in [0.05, 0.1) is 12.0 Å². The third kappa shape index (κ3) is 7.18. The second-order valence-corrected chi connectivity index (χ2v) is 6.80. The van der Waals surface area contributed by atoms with E-state index in [-0.39, 0.29) is 18.5 Å². The number of nitro groups is 1. The van der Waals surface area contributed by atoms with Gasteiger partial charge in [-0.15, -0.1) is 0 Å². The van der Waals surface area contributed by atoms with E-state index in [1.807, 2.05) is 0 Å². The monoisotopic (exact) mass is 431 g/mol. The number of hydrogen-bond acceptors (Lipinski definition) is 6. The van der Waals surface area contributed by atoms with E-state index in [0.717, 1.165) is 0 Å². The SMILES string of the molecule is COC(=O)[C@@H](Cc1ccc([N+](=O)[O-])cc1)NC(=O)[C@H](Cc1ccc(F)cc1)NC(C)=O. The molecule has 2 amide bonds. The number of methoxy groups -OCH3 is 1. The Labute approximate surface area is 177 Å². The number of carbonyl (C=O) groups is 3. The van der Waals surface area contributed by atoms with Crippen LogP contribution in [0.5, 0.6) is 0 Å². The first-order chi connectivity index (χ1) is 14.7. The van der Waals surface area contributed by atoms with Crippen LogP contribution in [0.2, 0.25) is 0 Å². The minimum absolute atomic E-state index is 0.0275. The van der Waals surface area contributed by atoms with Crippen molar-refractivity contribution < 1.29 is 28.4 Å². The summed E-state index contributed by atoms with van der Waals surface area (Å²) in [5.41, 5.74) is 1.07. The summed E-state index contributed by atoms with van der Waals surface area (Å²) in [5.74, 6) is -2.22. The van der Waals surface area contributed by atoms with Crippen LogP contribution in [0, 0.1) is 15.9 Å². The van der Waals surface area contributed by atoms with E-state index in [9.17, 15) is 28.9 Å². The lowest BCUT2D eigenvalue weighted by Crippen LogP contribution is -2.53. The molecule has 2 aromatic rings. The van der Waals surface area contributed by atoms with Gasteiger partial charge in [0.1, 0.15) is 17.9 Å². The zero-order chi connectivity index (χ0) is 23.0. The van der Waals surface area contributed by atoms with Crippen molar-refractivity contribution in [1.29, 1.82) is 0 Å². The quantitative estimate of drug-likeness (QED) is 0.353. The maximum Gasteiger partial charge on any atom is 0.328 e. The van der Waals surface area contributed by atoms with Gasteiger partial charge in [-0.05, 0) is 23.3 Å². The molecule has 2 rings (SSSR count). The maximum atomic E-state index is 13.1. The summed E-state index contributed by atoms with van der Waals surface area (Å²) in [6, 6.07) is 8.91. The molecular formula is C21H22FN3O6. The van der Waals surface area contributed by atoms with E-state index in [1.54, 1.807) is 0 Å². The largest absolute Gasteiger partial charge is 0.467 e. The summed E-state index contributed by atoms with van der Waals surface area (Å²) < 4.78 is 17.9. The number of nitrogens with one attached hydrogen (secondary N) is 2. The Morgan fingerprint density at radius 2 is 1.48 bits per heavy atom. The van der Waals surface area contributed by atoms with Gasteiger partial charge in [0.15, 0.2) is 0 Å². The molecule has 0 heterocycles. The zero-order valence-corrected chi connectivity index (χ0v) is 17.0. The van der Waals surface area contributed by atoms with Crippen molar-refractivity contribution in [3.63, 3.8) is 0 Å². The van der Waals surface area contributed by atoms with Gasteiger partial charge in [-0.2, -0.15) is 0 Å². The third-order valence-electron chi connectivity index (χ3n) is 4.44. The fourth-order valence-electron chi connectivity index (χ4n) is 2.91. The summed E-state index contributed by atoms with van der Waals surface area (Å²) in [5, 5.41) is 15.9. The highest BCUT2D eigenvalue weighted by Gasteiger charge is 2.27. The lowest BCUT2D eigenvalue weighted by molar-refractivity contribution is -0.384. The Morgan fingerprint density at radius 3 is 1.97 bits per heavy atom. The molecule has 2 N–H and O–H groups in total. The average molecular weight is 431 g/mol. The van der Waals surface area contributed by atoms with Crippen molar-refractivity contribution in [3.8, 4) is 0 Å². The highest BCUT2D eigenvalue weighted by atomic mass is 19.1. The number of halogens is 1. The fraction of sp³-hybridized carbons (Fsp3) is 0.286. The van der Waals surface area contributed by atoms with Gasteiger partial charge in [0.2, 0.25) is 11.8 Å². The number of nitrogens with zero attached hydrogens (tertiary/aromatic N) is 1. The molecule has 0 aliphatic carbocycles. The minimum atomic E-state index is -1.08. The van der Waals surface area contributed by atoms with E-state index in [4.69, 9.17) is 4.74 Å². The number of ether oxygens (including phenoxy) is 1. The Balaban J connectivity index is 2.16. The summed E-state index contributed by atoms with van der Waals surface area (Å²) in [6.07, 6.45) is 0.108. The van der Waals surface area contributed by atoms with Gasteiger partial charge >= 0.3 is 5.97 Å². The zero-order valence-electron chi connectivity index (χ0n) is 17.0. The normalized spacial score (nSPS) is 12.4. The summed E-state index contributed by atoms with van der Waals surface area (Å²) in [4.78, 5) is 46.8. The number of amides is 2. The molecule has 10 heteroatoms. The second kappa shape index (κ2) is 10.8. The molecule has 164 valence electrons. The molecule has 0 aromatic heterocycles. The standard InChI is InChI=1S/C21H22FN3O6/c1-13(26)23-18(11-14-3-7-16(22)8-4-14)20(27)24-19(21(28)31-2)12-15-5-9-17(10-6-15)25(29)30/h3-10,18-19H,11-12H2,1-2H3,(H,23,26)(H,24,27)/t18-,19+/m0/s1. The fourth-order valence-corrected chi connectivity index (χ4v) is 2.91. The summed E-state index contributed by atoms with van der Waals surface area (Å²) >= 11 is 0. The molecule has 0 fully saturated rings. The molecule has 0 spiro atoms. The van der Waals surface area contributed by atoms with Crippen LogP contribution in [-0.2, 0) is 32.0 Å². The Morgan fingerprint density at radius 1 is 0.968 bits per heavy atom. The van der Waals surface area contributed by atoms with Crippen molar-refractivity contribution in [2.24, 2.45) is 0 Å². The van der Waals surface area contributed by atoms with Gasteiger partial charge in [-0.25, -0.2) is 9.18 Å². The van der Waals surface area contributed by atoms with Crippen LogP contribution in [0.4, 0.5) is 10.1 Å². The third-order valence-corrected chi connectivity index (χ3v) is 4.44. The highest BCUT2D eigenvalue weighted by molar-refractivity contribution is 5.90. The number of non-ortho nitro benzene ring substituents is 1. The predicted molar refractivity (Wildman–Crippen MR) is 108 cm³/mol. The Hall–Kier alpha value is -3.82. The van der Waals surface area contributed by atoms with Crippen molar-refractivity contribution in [1.82, 2.24) is 10.6 Å². The number of rotatable bonds is 9. The van der Waals surface area contributed by atoms with Crippen LogP contribution >= 0.6 is 0 Å². The molecule has 0 bridgehead atoms. The molecule has 0 saturated heterocycles. The van der Waals surface area contributed by atoms with Crippen LogP contribution in [0.25, 0.3) is 0 Å². The molecule has 0 aliphatic rings. The summed E-state index contributed by atoms with van der Waals surface area (Å²) in [7, 11) is 1.17. The first-order valence-electron chi connectivity index (χ1n) is 9.32. The maximum absolute atomic E-state index is 13.1. The number of nitro benzene ring substituents is 1. The van der Waals surface area contributed by atoms with Crippen LogP contribution < -0.4 is 10.6 Å². The molecule has 0 aliphatic heterocycles. The lowest BCUT2D eigenvalue weighted by atomic mass is 10.0. The van der Waals surface area contributed by atoms with Gasteiger partial charge in [0.25, 0.3) is 5.69 Å². The number of benzene rings is 2. The van der Waals surface area contributed by atoms with E-state index in [2.05, 4.69) is 10.6 Å². The molecule has 2 atom stereocenters. The highest BCUT2D eigenvalue weighted by Crippen LogP contribution is 2.14. The Bertz CT molecular complexity index is 947. The van der Waals surface area contributed by atoms with Crippen molar-refractivity contribution in [2.75, 3.05) is 7.11 Å². The number of hydrogen-bond donors (Lipinski definition) is 2. The van der Waals surface area contributed by atoms with E-state index in [1.165, 1.54) is 62.6 Å². The van der Waals surface area contributed by atoms with Crippen LogP contribution in [0.15, 0.2) is 48.5 Å². The molecular weight excluding hydrogens is 409 g/mol. The van der Waals surface area contributed by atoms with Gasteiger partial charge in [0, 0.05) is 31.9 Å². The van der Waals surface area contributed by atoms with E-state index >= 15 is 0 Å². The van der Waals surface area contributed by atoms with Crippen LogP contribution in [0.1, 0.15) is 18.1 Å². The lowest BCUT2D eigenvalue weighted by Gasteiger charge is -2.22. The molecule has 2 aromatic carbocycles. The second-order valence-electron chi connectivity index (χ2n) is 6.80. The number of carbonyl (C=O) groups excluding carboxylic acids is 3. The van der Waals surface area contributed by atoms with Gasteiger partial charge in [-0.1, -0.05) is 24.3 Å². The first-order valence-corrected chi connectivity index (χ1v) is 9.32. The number of esters is 1. The smallest absolute Gasteiger partial charge is 0.328 e. The predicted octanol–water partition coefficient (Wildman–Crippen LogP) is 1.68. The van der Waals surface area contributed by atoms with Crippen molar-refractivity contribution >= 4 is 23.5 Å². The molecule has 31 heavy (non-hydrogen) atoms. The average Bonchev–Trinajstić information content (AvgIpc) is 2.73. The Kier molecular flexibility index (Phi) is 8.18. The summed E-state index contributed by atoms with van der Waals surface area (Å²) in [6.45, 7) is 1.25. The van der Waals surface area contributed by atoms with Crippen LogP contribution in [0.3, 0.4) is 0 Å². The van der Waals surface area contributed by atoms with Gasteiger partial charge < -0.3 is 15.4 Å². The molecule has 0 saturated carbocycles. The van der Waals surface area contributed by atoms with E-state index < -0.39 is 40.6 Å². The molecule has 9 nitrogen and oxygen atoms in total. The topological polar surface area (TPSA) is 128 Å². The first kappa shape index (κ1) is 23.5. The van der Waals surface area contributed by atoms with Crippen molar-refractivity contribution in [3.05, 3.63) is 75.6 Å². The molecule has 0 unspecified atom stereocenters. The van der Waals surface area contributed by atoms with Crippen LogP contribution in [-0.4, -0.2) is 41.9 Å². The van der Waals surface area contributed by atoms with E-state index in [0.29, 0.717) is 11.1 Å². The van der Waals surface area contributed by atoms with Gasteiger partial charge in [-0.3, -0.25) is 19.7 Å². The minimum Gasteiger partial charge on any atom is -0.467 e. The molecule has 0 radical (unpaired) electrons.